The van der Waals surface area contributed by atoms with E-state index in [0.717, 1.165) is 32.6 Å². The Hall–Kier alpha value is -2.99. The van der Waals surface area contributed by atoms with Crippen LogP contribution in [0.4, 0.5) is 5.82 Å². The fourth-order valence-corrected chi connectivity index (χ4v) is 2.48. The molecule has 28 heavy (non-hydrogen) atoms. The van der Waals surface area contributed by atoms with E-state index in [1.54, 1.807) is 0 Å². The van der Waals surface area contributed by atoms with Crippen molar-refractivity contribution in [1.82, 2.24) is 25.1 Å². The number of aromatic nitrogens is 2. The smallest absolute Gasteiger partial charge is 0.290 e. The van der Waals surface area contributed by atoms with Crippen molar-refractivity contribution in [2.75, 3.05) is 52.0 Å². The molecule has 1 aliphatic rings. The highest BCUT2D eigenvalue weighted by molar-refractivity contribution is 5.78. The van der Waals surface area contributed by atoms with Gasteiger partial charge in [-0.3, -0.25) is 24.1 Å². The van der Waals surface area contributed by atoms with E-state index in [4.69, 9.17) is 25.5 Å². The molecule has 12 heteroatoms. The first-order chi connectivity index (χ1) is 13.4. The summed E-state index contributed by atoms with van der Waals surface area (Å²) in [4.78, 5) is 51.0. The van der Waals surface area contributed by atoms with Gasteiger partial charge in [-0.2, -0.15) is 0 Å². The Labute approximate surface area is 162 Å². The number of anilines is 1. The van der Waals surface area contributed by atoms with E-state index in [-0.39, 0.29) is 30.2 Å². The average Bonchev–Trinajstić information content (AvgIpc) is 2.80. The van der Waals surface area contributed by atoms with E-state index in [9.17, 15) is 9.59 Å². The second-order valence-electron chi connectivity index (χ2n) is 5.86. The molecule has 6 N–H and O–H groups in total. The number of H-pyrrole nitrogens is 1. The van der Waals surface area contributed by atoms with Gasteiger partial charge in [0.1, 0.15) is 11.6 Å². The third-order valence-corrected chi connectivity index (χ3v) is 3.67. The minimum absolute atomic E-state index is 0.00389. The maximum atomic E-state index is 11.9. The van der Waals surface area contributed by atoms with Crippen LogP contribution in [-0.4, -0.2) is 95.1 Å². The maximum absolute atomic E-state index is 11.9. The van der Waals surface area contributed by atoms with Crippen LogP contribution in [0.3, 0.4) is 0 Å². The molecule has 0 aromatic carbocycles. The zero-order valence-electron chi connectivity index (χ0n) is 15.8. The lowest BCUT2D eigenvalue weighted by Crippen LogP contribution is -2.39. The lowest BCUT2D eigenvalue weighted by molar-refractivity contribution is -0.123. The van der Waals surface area contributed by atoms with Gasteiger partial charge in [0.25, 0.3) is 18.5 Å². The number of nitrogens with zero attached hydrogens (tertiary/aromatic N) is 3. The van der Waals surface area contributed by atoms with Gasteiger partial charge in [-0.1, -0.05) is 0 Å². The number of rotatable bonds is 5. The maximum Gasteiger partial charge on any atom is 0.290 e. The van der Waals surface area contributed by atoms with Crippen molar-refractivity contribution in [3.8, 4) is 0 Å². The minimum atomic E-state index is -0.275. The van der Waals surface area contributed by atoms with Crippen LogP contribution in [0.5, 0.6) is 0 Å². The number of likely N-dealkylation sites (N-methyl/N-ethyl adjacent to an activating group) is 1. The first-order valence-corrected chi connectivity index (χ1v) is 8.55. The Kier molecular flexibility index (Phi) is 13.5. The van der Waals surface area contributed by atoms with Crippen LogP contribution in [0, 0.1) is 0 Å². The van der Waals surface area contributed by atoms with E-state index in [1.165, 1.54) is 6.07 Å². The molecule has 2 heterocycles. The number of amides is 1. The highest BCUT2D eigenvalue weighted by Gasteiger charge is 2.14. The summed E-state index contributed by atoms with van der Waals surface area (Å²) in [6, 6.07) is 1.23. The predicted octanol–water partition coefficient (Wildman–Crippen LogP) is -1.95. The van der Waals surface area contributed by atoms with E-state index in [0.29, 0.717) is 25.3 Å². The van der Waals surface area contributed by atoms with E-state index in [1.807, 2.05) is 0 Å². The van der Waals surface area contributed by atoms with Crippen molar-refractivity contribution in [2.45, 2.75) is 12.8 Å². The van der Waals surface area contributed by atoms with Gasteiger partial charge in [0.15, 0.2) is 0 Å². The number of hydrogen-bond donors (Lipinski definition) is 5. The highest BCUT2D eigenvalue weighted by Crippen LogP contribution is 2.00. The summed E-state index contributed by atoms with van der Waals surface area (Å²) < 4.78 is 0. The van der Waals surface area contributed by atoms with Gasteiger partial charge in [-0.25, -0.2) is 4.98 Å². The molecule has 158 valence electrons. The van der Waals surface area contributed by atoms with Crippen LogP contribution in [0.1, 0.15) is 12.2 Å². The van der Waals surface area contributed by atoms with Crippen molar-refractivity contribution in [2.24, 2.45) is 0 Å². The number of carbonyl (C=O) groups is 3. The molecular formula is C16H28N6O6. The number of nitrogens with one attached hydrogen (secondary N) is 2. The molecule has 1 aliphatic heterocycles. The van der Waals surface area contributed by atoms with E-state index >= 15 is 0 Å². The van der Waals surface area contributed by atoms with Crippen molar-refractivity contribution in [3.63, 3.8) is 0 Å². The Morgan fingerprint density at radius 2 is 1.93 bits per heavy atom. The second kappa shape index (κ2) is 15.1. The molecule has 0 spiro atoms. The van der Waals surface area contributed by atoms with Crippen LogP contribution in [0.25, 0.3) is 0 Å². The van der Waals surface area contributed by atoms with Gasteiger partial charge in [0.2, 0.25) is 5.91 Å². The summed E-state index contributed by atoms with van der Waals surface area (Å²) >= 11 is 0. The Bertz CT molecular complexity index is 647. The molecule has 1 aromatic heterocycles. The van der Waals surface area contributed by atoms with Crippen molar-refractivity contribution in [3.05, 3.63) is 22.2 Å². The fourth-order valence-electron chi connectivity index (χ4n) is 2.48. The van der Waals surface area contributed by atoms with Gasteiger partial charge >= 0.3 is 0 Å². The largest absolute Gasteiger partial charge is 0.483 e. The fraction of sp³-hybridized carbons (Fsp3) is 0.562. The first kappa shape index (κ1) is 25.0. The molecular weight excluding hydrogens is 372 g/mol. The molecule has 0 bridgehead atoms. The third-order valence-electron chi connectivity index (χ3n) is 3.67. The number of hydrogen-bond acceptors (Lipinski definition) is 8. The van der Waals surface area contributed by atoms with Crippen LogP contribution in [-0.2, 0) is 20.8 Å². The number of aromatic amines is 1. The number of carbonyl (C=O) groups excluding carboxylic acids is 1. The van der Waals surface area contributed by atoms with Gasteiger partial charge in [-0.15, -0.1) is 0 Å². The van der Waals surface area contributed by atoms with Gasteiger partial charge < -0.3 is 31.1 Å². The van der Waals surface area contributed by atoms with Gasteiger partial charge in [-0.05, 0) is 26.6 Å². The molecule has 0 aliphatic carbocycles. The monoisotopic (exact) mass is 400 g/mol. The van der Waals surface area contributed by atoms with Gasteiger partial charge in [0.05, 0.1) is 6.54 Å². The molecule has 0 atom stereocenters. The molecule has 1 amide bonds. The Balaban J connectivity index is 0.00000108. The van der Waals surface area contributed by atoms with Crippen LogP contribution in [0.2, 0.25) is 0 Å². The summed E-state index contributed by atoms with van der Waals surface area (Å²) in [6.45, 7) is 4.26. The molecule has 1 saturated heterocycles. The molecule has 1 aromatic rings. The van der Waals surface area contributed by atoms with Crippen molar-refractivity contribution in [1.29, 1.82) is 0 Å². The normalized spacial score (nSPS) is 14.3. The molecule has 12 nitrogen and oxygen atoms in total. The van der Waals surface area contributed by atoms with Crippen molar-refractivity contribution < 1.29 is 24.6 Å². The second-order valence-corrected chi connectivity index (χ2v) is 5.86. The molecule has 1 fully saturated rings. The molecule has 0 unspecified atom stereocenters. The third kappa shape index (κ3) is 12.4. The topological polar surface area (TPSA) is 182 Å². The number of nitrogens with two attached hydrogens (primary N) is 1. The van der Waals surface area contributed by atoms with Crippen LogP contribution in [0.15, 0.2) is 10.9 Å². The van der Waals surface area contributed by atoms with E-state index in [2.05, 4.69) is 32.1 Å². The highest BCUT2D eigenvalue weighted by atomic mass is 16.3. The zero-order chi connectivity index (χ0) is 21.4. The summed E-state index contributed by atoms with van der Waals surface area (Å²) in [5.41, 5.74) is 5.24. The Morgan fingerprint density at radius 1 is 1.29 bits per heavy atom. The predicted molar refractivity (Wildman–Crippen MR) is 102 cm³/mol. The summed E-state index contributed by atoms with van der Waals surface area (Å²) in [5, 5.41) is 16.6. The zero-order valence-corrected chi connectivity index (χ0v) is 15.8. The minimum Gasteiger partial charge on any atom is -0.483 e. The number of carboxylic acid groups (broad SMARTS) is 2. The van der Waals surface area contributed by atoms with Crippen molar-refractivity contribution >= 4 is 24.7 Å². The van der Waals surface area contributed by atoms with Gasteiger partial charge in [0, 0.05) is 32.1 Å². The van der Waals surface area contributed by atoms with E-state index < -0.39 is 0 Å². The summed E-state index contributed by atoms with van der Waals surface area (Å²) in [5.74, 6) is 0.677. The number of nitrogen functional groups attached to an aromatic ring is 1. The first-order valence-electron chi connectivity index (χ1n) is 8.55. The lowest BCUT2D eigenvalue weighted by atomic mass is 10.3. The summed E-state index contributed by atoms with van der Waals surface area (Å²) in [7, 11) is 2.10. The molecule has 2 rings (SSSR count). The quantitative estimate of drug-likeness (QED) is 0.348. The van der Waals surface area contributed by atoms with Crippen LogP contribution >= 0.6 is 0 Å². The summed E-state index contributed by atoms with van der Waals surface area (Å²) in [6.07, 6.45) is 1.53. The molecule has 0 radical (unpaired) electrons. The average molecular weight is 400 g/mol. The lowest BCUT2D eigenvalue weighted by Gasteiger charge is -2.19. The Morgan fingerprint density at radius 3 is 2.54 bits per heavy atom. The SMILES string of the molecule is CN1CCCN(CC(=O)NCCc2nc(N)cc(=O)[nH]2)CC1.O=CO.O=CO. The molecule has 0 saturated carbocycles. The van der Waals surface area contributed by atoms with Crippen LogP contribution < -0.4 is 16.6 Å². The standard InChI is InChI=1S/C14H24N6O2.2CH2O2/c1-19-5-2-6-20(8-7-19)10-14(22)16-4-3-12-17-11(15)9-13(21)18-12;2*2-1-3/h9H,2-8,10H2,1H3,(H,16,22)(H3,15,17,18,21);2*1H,(H,2,3).